The van der Waals surface area contributed by atoms with Gasteiger partial charge in [-0.25, -0.2) is 4.79 Å². The van der Waals surface area contributed by atoms with Crippen LogP contribution in [0.5, 0.6) is 5.75 Å². The van der Waals surface area contributed by atoms with Gasteiger partial charge in [-0.05, 0) is 52.4 Å². The predicted molar refractivity (Wildman–Crippen MR) is 135 cm³/mol. The summed E-state index contributed by atoms with van der Waals surface area (Å²) >= 11 is 0. The predicted octanol–water partition coefficient (Wildman–Crippen LogP) is -0.0688. The highest BCUT2D eigenvalue weighted by Crippen LogP contribution is 2.55. The molecule has 0 aromatic heterocycles. The first-order valence-electron chi connectivity index (χ1n) is 12.6. The lowest BCUT2D eigenvalue weighted by Crippen LogP contribution is -2.78. The maximum absolute atomic E-state index is 14.1. The van der Waals surface area contributed by atoms with Crippen molar-refractivity contribution < 1.29 is 43.7 Å². The van der Waals surface area contributed by atoms with Gasteiger partial charge in [-0.3, -0.25) is 28.9 Å². The molecule has 1 aromatic rings. The van der Waals surface area contributed by atoms with Crippen molar-refractivity contribution in [2.45, 2.75) is 56.9 Å². The molecule has 4 rings (SSSR count). The Balaban J connectivity index is 2.00. The molecule has 5 N–H and O–H groups in total. The molecule has 210 valence electrons. The molecule has 1 aromatic carbocycles. The Hall–Kier alpha value is -3.64. The van der Waals surface area contributed by atoms with Gasteiger partial charge in [0.2, 0.25) is 5.91 Å². The Kier molecular flexibility index (Phi) is 6.72. The van der Waals surface area contributed by atoms with Crippen LogP contribution in [0.4, 0.5) is 4.79 Å². The Bertz CT molecular complexity index is 1300. The number of aliphatic hydroxyl groups is 1. The lowest BCUT2D eigenvalue weighted by molar-refractivity contribution is -0.197. The van der Waals surface area contributed by atoms with Gasteiger partial charge in [0.1, 0.15) is 11.9 Å². The van der Waals surface area contributed by atoms with Crippen LogP contribution in [0.3, 0.4) is 0 Å². The van der Waals surface area contributed by atoms with E-state index < -0.39 is 88.0 Å². The number of benzene rings is 1. The lowest BCUT2D eigenvalue weighted by atomic mass is 9.49. The van der Waals surface area contributed by atoms with E-state index in [1.807, 2.05) is 0 Å². The number of alkyl carbamates (subject to hydrolysis) is 1. The topological polar surface area (TPSA) is 193 Å². The molecule has 0 aliphatic heterocycles. The van der Waals surface area contributed by atoms with E-state index >= 15 is 0 Å². The van der Waals surface area contributed by atoms with Crippen molar-refractivity contribution in [1.82, 2.24) is 10.2 Å². The fraction of sp³-hybridized carbons (Fsp3) is 0.556. The van der Waals surface area contributed by atoms with Crippen LogP contribution >= 0.6 is 0 Å². The number of nitrogens with one attached hydrogen (secondary N) is 1. The van der Waals surface area contributed by atoms with Crippen LogP contribution in [0.2, 0.25) is 0 Å². The van der Waals surface area contributed by atoms with Gasteiger partial charge in [0.25, 0.3) is 0 Å². The molecule has 2 unspecified atom stereocenters. The molecular formula is C27H33N3O9. The summed E-state index contributed by atoms with van der Waals surface area (Å²) < 4.78 is 5.83. The van der Waals surface area contributed by atoms with Crippen molar-refractivity contribution in [3.05, 3.63) is 29.3 Å². The highest BCUT2D eigenvalue weighted by Gasteiger charge is 2.74. The van der Waals surface area contributed by atoms with Crippen LogP contribution in [0, 0.1) is 23.7 Å². The number of Topliss-reactive ketones (excluding diaryl/α,β-unsaturated/α-hetero) is 4. The molecule has 3 aliphatic rings. The molecule has 12 nitrogen and oxygen atoms in total. The van der Waals surface area contributed by atoms with Crippen LogP contribution in [-0.4, -0.2) is 87.6 Å². The number of phenolic OH excluding ortho intramolecular Hbond substituents is 1. The van der Waals surface area contributed by atoms with E-state index in [0.29, 0.717) is 5.56 Å². The Morgan fingerprint density at radius 1 is 1.10 bits per heavy atom. The fourth-order valence-corrected chi connectivity index (χ4v) is 6.53. The summed E-state index contributed by atoms with van der Waals surface area (Å²) in [4.78, 5) is 81.6. The van der Waals surface area contributed by atoms with Crippen molar-refractivity contribution >= 4 is 35.1 Å². The van der Waals surface area contributed by atoms with Crippen LogP contribution in [0.15, 0.2) is 18.2 Å². The molecule has 2 fully saturated rings. The third-order valence-electron chi connectivity index (χ3n) is 8.05. The SMILES string of the molecule is C[C@H]1c2cccc(O)c2C(=O)C2C(=O)[C@]3(O)C(=O)C(C(N)=O)C(=O)[C@@H](N(C)C)[C@@H]3[C@@H](OC(=O)NC(C)(C)C)[C@@H]21. The quantitative estimate of drug-likeness (QED) is 0.375. The fourth-order valence-electron chi connectivity index (χ4n) is 6.53. The average Bonchev–Trinajstić information content (AvgIpc) is 2.79. The highest BCUT2D eigenvalue weighted by atomic mass is 16.6. The van der Waals surface area contributed by atoms with Crippen molar-refractivity contribution in [2.24, 2.45) is 29.4 Å². The van der Waals surface area contributed by atoms with Gasteiger partial charge in [0.15, 0.2) is 34.7 Å². The number of hydrogen-bond acceptors (Lipinski definition) is 10. The highest BCUT2D eigenvalue weighted by molar-refractivity contribution is 6.32. The third-order valence-corrected chi connectivity index (χ3v) is 8.05. The number of carbonyl (C=O) groups excluding carboxylic acids is 6. The van der Waals surface area contributed by atoms with E-state index in [0.717, 1.165) is 0 Å². The molecule has 12 heteroatoms. The summed E-state index contributed by atoms with van der Waals surface area (Å²) in [5.74, 6) is -13.6. The zero-order chi connectivity index (χ0) is 29.4. The summed E-state index contributed by atoms with van der Waals surface area (Å²) in [7, 11) is 2.89. The zero-order valence-electron chi connectivity index (χ0n) is 22.6. The molecular weight excluding hydrogens is 510 g/mol. The summed E-state index contributed by atoms with van der Waals surface area (Å²) in [6, 6.07) is 2.94. The normalized spacial score (nSPS) is 34.2. The van der Waals surface area contributed by atoms with Gasteiger partial charge in [-0.15, -0.1) is 0 Å². The standard InChI is InChI=1S/C27H33N3O9/c1-10-11-8-7-9-12(31)14(11)19(32)15-13(10)21(39-25(37)29-26(2,3)4)17-18(30(5)6)20(33)16(24(28)36)23(35)27(17,38)22(15)34/h7-10,13,15-18,21,31,38H,1-6H3,(H2,28,36)(H,29,37)/t10-,13+,15?,16?,17+,18-,21-,27-/m0/s1. The van der Waals surface area contributed by atoms with Crippen molar-refractivity contribution in [2.75, 3.05) is 14.1 Å². The maximum Gasteiger partial charge on any atom is 0.407 e. The van der Waals surface area contributed by atoms with Crippen LogP contribution < -0.4 is 11.1 Å². The average molecular weight is 544 g/mol. The number of rotatable bonds is 3. The van der Waals surface area contributed by atoms with Gasteiger partial charge in [0.05, 0.1) is 23.4 Å². The number of amides is 2. The summed E-state index contributed by atoms with van der Waals surface area (Å²) in [5.41, 5.74) is 1.78. The second kappa shape index (κ2) is 9.23. The molecule has 0 saturated heterocycles. The van der Waals surface area contributed by atoms with E-state index in [9.17, 15) is 39.0 Å². The first-order valence-corrected chi connectivity index (χ1v) is 12.6. The zero-order valence-corrected chi connectivity index (χ0v) is 22.6. The Labute approximate surface area is 224 Å². The molecule has 8 atom stereocenters. The molecule has 0 radical (unpaired) electrons. The summed E-state index contributed by atoms with van der Waals surface area (Å²) in [5, 5.41) is 25.1. The molecule has 0 bridgehead atoms. The van der Waals surface area contributed by atoms with Crippen LogP contribution in [0.25, 0.3) is 0 Å². The van der Waals surface area contributed by atoms with Gasteiger partial charge >= 0.3 is 6.09 Å². The first-order chi connectivity index (χ1) is 17.9. The summed E-state index contributed by atoms with van der Waals surface area (Å²) in [6.07, 6.45) is -2.47. The van der Waals surface area contributed by atoms with Crippen molar-refractivity contribution in [1.29, 1.82) is 0 Å². The second-order valence-corrected chi connectivity index (χ2v) is 11.9. The molecule has 2 amide bonds. The van der Waals surface area contributed by atoms with Crippen LogP contribution in [-0.2, 0) is 23.9 Å². The molecule has 0 spiro atoms. The van der Waals surface area contributed by atoms with Crippen molar-refractivity contribution in [3.63, 3.8) is 0 Å². The smallest absolute Gasteiger partial charge is 0.407 e. The number of ketones is 4. The minimum atomic E-state index is -3.06. The van der Waals surface area contributed by atoms with E-state index in [-0.39, 0.29) is 11.3 Å². The summed E-state index contributed by atoms with van der Waals surface area (Å²) in [6.45, 7) is 6.74. The first kappa shape index (κ1) is 28.4. The van der Waals surface area contributed by atoms with E-state index in [2.05, 4.69) is 5.32 Å². The number of nitrogens with two attached hydrogens (primary N) is 1. The molecule has 39 heavy (non-hydrogen) atoms. The monoisotopic (exact) mass is 543 g/mol. The second-order valence-electron chi connectivity index (χ2n) is 11.9. The number of nitrogens with zero attached hydrogens (tertiary/aromatic N) is 1. The number of hydrogen-bond donors (Lipinski definition) is 4. The largest absolute Gasteiger partial charge is 0.507 e. The number of aromatic hydroxyl groups is 1. The van der Waals surface area contributed by atoms with E-state index in [1.54, 1.807) is 33.8 Å². The Morgan fingerprint density at radius 3 is 2.26 bits per heavy atom. The maximum atomic E-state index is 14.1. The van der Waals surface area contributed by atoms with Gasteiger partial charge in [-0.1, -0.05) is 19.1 Å². The van der Waals surface area contributed by atoms with E-state index in [1.165, 1.54) is 31.1 Å². The Morgan fingerprint density at radius 2 is 1.72 bits per heavy atom. The number of likely N-dealkylation sites (N-methyl/N-ethyl adjacent to an activating group) is 1. The number of carbonyl (C=O) groups is 6. The van der Waals surface area contributed by atoms with Gasteiger partial charge < -0.3 is 26.0 Å². The van der Waals surface area contributed by atoms with Gasteiger partial charge in [-0.2, -0.15) is 0 Å². The number of primary amides is 1. The minimum absolute atomic E-state index is 0.144. The molecule has 3 aliphatic carbocycles. The molecule has 0 heterocycles. The van der Waals surface area contributed by atoms with Crippen LogP contribution in [0.1, 0.15) is 49.5 Å². The third kappa shape index (κ3) is 4.13. The molecule has 2 saturated carbocycles. The lowest BCUT2D eigenvalue weighted by Gasteiger charge is -2.56. The van der Waals surface area contributed by atoms with E-state index in [4.69, 9.17) is 10.5 Å². The minimum Gasteiger partial charge on any atom is -0.507 e. The number of phenols is 1. The van der Waals surface area contributed by atoms with Crippen molar-refractivity contribution in [3.8, 4) is 5.75 Å². The van der Waals surface area contributed by atoms with Gasteiger partial charge in [0, 0.05) is 11.5 Å². The number of fused-ring (bicyclic) bond motifs is 3. The number of ether oxygens (including phenoxy) is 1.